The van der Waals surface area contributed by atoms with Crippen molar-refractivity contribution in [2.24, 2.45) is 0 Å². The lowest BCUT2D eigenvalue weighted by molar-refractivity contribution is 0.101. The summed E-state index contributed by atoms with van der Waals surface area (Å²) in [5.74, 6) is 0.0617. The Kier molecular flexibility index (Phi) is 1.62. The van der Waals surface area contributed by atoms with E-state index in [1.807, 2.05) is 0 Å². The highest BCUT2D eigenvalue weighted by Crippen LogP contribution is 2.20. The van der Waals surface area contributed by atoms with Crippen LogP contribution >= 0.6 is 11.5 Å². The Balaban J connectivity index is 2.82. The van der Waals surface area contributed by atoms with Crippen molar-refractivity contribution < 1.29 is 4.79 Å². The largest absolute Gasteiger partial charge is 0.294 e. The van der Waals surface area contributed by atoms with Crippen LogP contribution < -0.4 is 0 Å². The number of ketones is 1. The molecule has 0 aromatic carbocycles. The molecule has 0 aliphatic heterocycles. The molecule has 2 aromatic heterocycles. The maximum atomic E-state index is 11.1. The number of fused-ring (bicyclic) bond motifs is 1. The smallest absolute Gasteiger partial charge is 0.161 e. The number of hydrogen-bond acceptors (Lipinski definition) is 4. The summed E-state index contributed by atoms with van der Waals surface area (Å²) in [7, 11) is 0. The molecular weight excluding hydrogens is 172 g/mol. The predicted octanol–water partition coefficient (Wildman–Crippen LogP) is 1.89. The number of nitrogens with zero attached hydrogens (tertiary/aromatic N) is 2. The summed E-state index contributed by atoms with van der Waals surface area (Å²) in [6, 6.07) is 1.73. The first-order chi connectivity index (χ1) is 5.79. The minimum atomic E-state index is 0.0617. The van der Waals surface area contributed by atoms with E-state index in [1.165, 1.54) is 11.5 Å². The number of pyridine rings is 1. The molecular formula is C8H6N2OS. The quantitative estimate of drug-likeness (QED) is 0.626. The molecule has 2 aromatic rings. The maximum Gasteiger partial charge on any atom is 0.161 e. The Hall–Kier alpha value is -1.29. The van der Waals surface area contributed by atoms with Gasteiger partial charge >= 0.3 is 0 Å². The van der Waals surface area contributed by atoms with Crippen LogP contribution in [0, 0.1) is 0 Å². The van der Waals surface area contributed by atoms with E-state index in [2.05, 4.69) is 9.36 Å². The summed E-state index contributed by atoms with van der Waals surface area (Å²) in [5, 5.41) is 0. The van der Waals surface area contributed by atoms with Gasteiger partial charge in [0.15, 0.2) is 5.78 Å². The van der Waals surface area contributed by atoms with Gasteiger partial charge in [0.05, 0.1) is 10.9 Å². The fraction of sp³-hybridized carbons (Fsp3) is 0.125. The SMILES string of the molecule is CC(=O)c1ccnc2cnsc12. The number of carbonyl (C=O) groups excluding carboxylic acids is 1. The Morgan fingerprint density at radius 2 is 2.42 bits per heavy atom. The predicted molar refractivity (Wildman–Crippen MR) is 47.4 cm³/mol. The standard InChI is InChI=1S/C8H6N2OS/c1-5(11)6-2-3-9-7-4-10-12-8(6)7/h2-4H,1H3. The van der Waals surface area contributed by atoms with E-state index in [9.17, 15) is 4.79 Å². The first-order valence-electron chi connectivity index (χ1n) is 3.49. The summed E-state index contributed by atoms with van der Waals surface area (Å²) in [4.78, 5) is 15.2. The minimum absolute atomic E-state index is 0.0617. The van der Waals surface area contributed by atoms with Crippen LogP contribution in [0.25, 0.3) is 10.2 Å². The molecule has 3 nitrogen and oxygen atoms in total. The topological polar surface area (TPSA) is 42.9 Å². The molecule has 0 aliphatic rings. The monoisotopic (exact) mass is 178 g/mol. The van der Waals surface area contributed by atoms with E-state index in [0.29, 0.717) is 5.56 Å². The summed E-state index contributed by atoms with van der Waals surface area (Å²) < 4.78 is 4.85. The number of Topliss-reactive ketones (excluding diaryl/α,β-unsaturated/α-hetero) is 1. The number of hydrogen-bond donors (Lipinski definition) is 0. The van der Waals surface area contributed by atoms with Crippen molar-refractivity contribution in [3.05, 3.63) is 24.0 Å². The lowest BCUT2D eigenvalue weighted by Crippen LogP contribution is -1.91. The van der Waals surface area contributed by atoms with Crippen LogP contribution in [-0.4, -0.2) is 15.1 Å². The molecule has 2 rings (SSSR count). The van der Waals surface area contributed by atoms with Crippen molar-refractivity contribution >= 4 is 27.5 Å². The lowest BCUT2D eigenvalue weighted by atomic mass is 10.2. The number of carbonyl (C=O) groups is 1. The van der Waals surface area contributed by atoms with E-state index in [0.717, 1.165) is 10.2 Å². The minimum Gasteiger partial charge on any atom is -0.294 e. The highest BCUT2D eigenvalue weighted by molar-refractivity contribution is 7.13. The molecule has 2 heterocycles. The molecule has 0 radical (unpaired) electrons. The van der Waals surface area contributed by atoms with Crippen LogP contribution in [0.15, 0.2) is 18.5 Å². The van der Waals surface area contributed by atoms with Gasteiger partial charge in [-0.05, 0) is 24.5 Å². The van der Waals surface area contributed by atoms with Crippen LogP contribution in [-0.2, 0) is 0 Å². The van der Waals surface area contributed by atoms with Crippen molar-refractivity contribution in [3.8, 4) is 0 Å². The first kappa shape index (κ1) is 7.36. The molecule has 4 heteroatoms. The maximum absolute atomic E-state index is 11.1. The Morgan fingerprint density at radius 1 is 1.58 bits per heavy atom. The summed E-state index contributed by atoms with van der Waals surface area (Å²) in [6.07, 6.45) is 3.31. The van der Waals surface area contributed by atoms with Gasteiger partial charge < -0.3 is 0 Å². The first-order valence-corrected chi connectivity index (χ1v) is 4.26. The van der Waals surface area contributed by atoms with Crippen LogP contribution in [0.2, 0.25) is 0 Å². The zero-order chi connectivity index (χ0) is 8.55. The fourth-order valence-electron chi connectivity index (χ4n) is 1.06. The molecule has 0 saturated carbocycles. The zero-order valence-electron chi connectivity index (χ0n) is 6.44. The van der Waals surface area contributed by atoms with Gasteiger partial charge in [0.2, 0.25) is 0 Å². The fourth-order valence-corrected chi connectivity index (χ4v) is 1.83. The molecule has 0 fully saturated rings. The van der Waals surface area contributed by atoms with Gasteiger partial charge in [0, 0.05) is 11.8 Å². The average Bonchev–Trinajstić information content (AvgIpc) is 2.49. The zero-order valence-corrected chi connectivity index (χ0v) is 7.26. The molecule has 0 aliphatic carbocycles. The third-order valence-corrected chi connectivity index (χ3v) is 2.45. The van der Waals surface area contributed by atoms with Gasteiger partial charge in [0.1, 0.15) is 5.52 Å². The Labute approximate surface area is 73.2 Å². The Bertz CT molecular complexity index is 435. The molecule has 0 bridgehead atoms. The van der Waals surface area contributed by atoms with E-state index < -0.39 is 0 Å². The highest BCUT2D eigenvalue weighted by Gasteiger charge is 2.06. The summed E-state index contributed by atoms with van der Waals surface area (Å²) in [5.41, 5.74) is 1.51. The van der Waals surface area contributed by atoms with Gasteiger partial charge in [-0.1, -0.05) is 0 Å². The Morgan fingerprint density at radius 3 is 3.17 bits per heavy atom. The van der Waals surface area contributed by atoms with Crippen molar-refractivity contribution in [1.82, 2.24) is 9.36 Å². The molecule has 0 atom stereocenters. The van der Waals surface area contributed by atoms with Crippen molar-refractivity contribution in [2.75, 3.05) is 0 Å². The van der Waals surface area contributed by atoms with Crippen LogP contribution in [0.5, 0.6) is 0 Å². The van der Waals surface area contributed by atoms with Gasteiger partial charge in [-0.25, -0.2) is 0 Å². The van der Waals surface area contributed by atoms with Gasteiger partial charge in [-0.15, -0.1) is 0 Å². The highest BCUT2D eigenvalue weighted by atomic mass is 32.1. The molecule has 0 N–H and O–H groups in total. The van der Waals surface area contributed by atoms with Crippen molar-refractivity contribution in [3.63, 3.8) is 0 Å². The van der Waals surface area contributed by atoms with Crippen molar-refractivity contribution in [2.45, 2.75) is 6.92 Å². The molecule has 60 valence electrons. The number of aromatic nitrogens is 2. The van der Waals surface area contributed by atoms with E-state index in [1.54, 1.807) is 25.4 Å². The summed E-state index contributed by atoms with van der Waals surface area (Å²) in [6.45, 7) is 1.55. The third kappa shape index (κ3) is 1.00. The van der Waals surface area contributed by atoms with E-state index in [4.69, 9.17) is 0 Å². The molecule has 0 amide bonds. The molecule has 0 unspecified atom stereocenters. The van der Waals surface area contributed by atoms with Gasteiger partial charge in [-0.3, -0.25) is 9.78 Å². The van der Waals surface area contributed by atoms with E-state index in [-0.39, 0.29) is 5.78 Å². The molecule has 12 heavy (non-hydrogen) atoms. The second kappa shape index (κ2) is 2.64. The van der Waals surface area contributed by atoms with Crippen molar-refractivity contribution in [1.29, 1.82) is 0 Å². The van der Waals surface area contributed by atoms with Crippen LogP contribution in [0.4, 0.5) is 0 Å². The van der Waals surface area contributed by atoms with Crippen LogP contribution in [0.3, 0.4) is 0 Å². The summed E-state index contributed by atoms with van der Waals surface area (Å²) >= 11 is 1.31. The third-order valence-electron chi connectivity index (χ3n) is 1.63. The van der Waals surface area contributed by atoms with E-state index >= 15 is 0 Å². The van der Waals surface area contributed by atoms with Gasteiger partial charge in [-0.2, -0.15) is 4.37 Å². The second-order valence-corrected chi connectivity index (χ2v) is 3.26. The second-order valence-electron chi connectivity index (χ2n) is 2.45. The molecule has 0 spiro atoms. The number of rotatable bonds is 1. The van der Waals surface area contributed by atoms with Crippen LogP contribution in [0.1, 0.15) is 17.3 Å². The lowest BCUT2D eigenvalue weighted by Gasteiger charge is -1.93. The normalized spacial score (nSPS) is 10.4. The van der Waals surface area contributed by atoms with Gasteiger partial charge in [0.25, 0.3) is 0 Å². The molecule has 0 saturated heterocycles. The average molecular weight is 178 g/mol.